The van der Waals surface area contributed by atoms with Gasteiger partial charge in [0.05, 0.1) is 0 Å². The Kier molecular flexibility index (Phi) is 3.29. The first-order valence-electron chi connectivity index (χ1n) is 4.81. The Labute approximate surface area is 94.0 Å². The number of nitrogens with zero attached hydrogens (tertiary/aromatic N) is 1. The summed E-state index contributed by atoms with van der Waals surface area (Å²) in [5, 5.41) is 0.421. The monoisotopic (exact) mass is 221 g/mol. The average Bonchev–Trinajstić information content (AvgIpc) is 2.14. The van der Waals surface area contributed by atoms with E-state index in [2.05, 4.69) is 0 Å². The molecule has 0 aromatic heterocycles. The van der Waals surface area contributed by atoms with Crippen LogP contribution in [0.3, 0.4) is 0 Å². The van der Waals surface area contributed by atoms with Crippen LogP contribution in [0.15, 0.2) is 12.1 Å². The van der Waals surface area contributed by atoms with E-state index in [9.17, 15) is 9.59 Å². The molecule has 1 aromatic carbocycles. The van der Waals surface area contributed by atoms with Gasteiger partial charge in [0.2, 0.25) is 0 Å². The molecule has 1 rings (SSSR count). The largest absolute Gasteiger partial charge is 0.350 e. The summed E-state index contributed by atoms with van der Waals surface area (Å²) in [5.41, 5.74) is 7.97. The van der Waals surface area contributed by atoms with Crippen LogP contribution in [0.1, 0.15) is 27.0 Å². The van der Waals surface area contributed by atoms with Crippen LogP contribution in [0.5, 0.6) is 0 Å². The summed E-state index contributed by atoms with van der Waals surface area (Å²) in [4.78, 5) is 22.6. The summed E-state index contributed by atoms with van der Waals surface area (Å²) < 4.78 is 0. The van der Waals surface area contributed by atoms with Gasteiger partial charge in [0.15, 0.2) is 0 Å². The first-order valence-corrected chi connectivity index (χ1v) is 4.81. The highest BCUT2D eigenvalue weighted by Gasteiger charge is 2.20. The molecule has 16 heavy (non-hydrogen) atoms. The Morgan fingerprint density at radius 2 is 1.56 bits per heavy atom. The van der Waals surface area contributed by atoms with Crippen molar-refractivity contribution < 1.29 is 9.59 Å². The third kappa shape index (κ3) is 2.20. The highest BCUT2D eigenvalue weighted by atomic mass is 16.2. The molecule has 0 unspecified atom stereocenters. The number of amides is 3. The number of hydrogen-bond donors (Lipinski definition) is 2. The van der Waals surface area contributed by atoms with E-state index < -0.39 is 11.9 Å². The number of carbonyl (C=O) groups is 2. The molecule has 5 heteroatoms. The molecule has 86 valence electrons. The maximum atomic E-state index is 11.8. The minimum absolute atomic E-state index is 0.421. The molecule has 0 heterocycles. The summed E-state index contributed by atoms with van der Waals surface area (Å²) in [6.07, 6.45) is 0. The quantitative estimate of drug-likeness (QED) is 0.421. The predicted molar refractivity (Wildman–Crippen MR) is 60.6 cm³/mol. The lowest BCUT2D eigenvalue weighted by atomic mass is 9.99. The number of urea groups is 1. The Morgan fingerprint density at radius 3 is 1.94 bits per heavy atom. The molecule has 0 radical (unpaired) electrons. The lowest BCUT2D eigenvalue weighted by Crippen LogP contribution is -2.46. The van der Waals surface area contributed by atoms with Gasteiger partial charge in [0.25, 0.3) is 5.91 Å². The number of nitrogens with two attached hydrogens (primary N) is 2. The van der Waals surface area contributed by atoms with Crippen LogP contribution in [-0.2, 0) is 0 Å². The number of aryl methyl sites for hydroxylation is 3. The van der Waals surface area contributed by atoms with Crippen molar-refractivity contribution in [1.82, 2.24) is 5.01 Å². The fourth-order valence-corrected chi connectivity index (χ4v) is 1.74. The van der Waals surface area contributed by atoms with E-state index in [-0.39, 0.29) is 0 Å². The molecule has 0 bridgehead atoms. The summed E-state index contributed by atoms with van der Waals surface area (Å²) in [6.45, 7) is 5.52. The first kappa shape index (κ1) is 12.2. The average molecular weight is 221 g/mol. The van der Waals surface area contributed by atoms with E-state index in [0.717, 1.165) is 16.7 Å². The molecule has 5 nitrogen and oxygen atoms in total. The van der Waals surface area contributed by atoms with Crippen LogP contribution < -0.4 is 11.6 Å². The number of rotatable bonds is 1. The number of imide groups is 1. The molecular formula is C11H15N3O2. The van der Waals surface area contributed by atoms with Crippen LogP contribution in [0.2, 0.25) is 0 Å². The molecule has 0 aliphatic carbocycles. The number of benzene rings is 1. The minimum atomic E-state index is -0.968. The summed E-state index contributed by atoms with van der Waals surface area (Å²) in [7, 11) is 0. The van der Waals surface area contributed by atoms with Crippen molar-refractivity contribution >= 4 is 11.9 Å². The zero-order chi connectivity index (χ0) is 12.5. The minimum Gasteiger partial charge on any atom is -0.350 e. The standard InChI is InChI=1S/C11H15N3O2/c1-6-4-7(2)9(8(3)5-6)10(15)14(13)11(12)16/h4-5H,13H2,1-3H3,(H2,12,16). The molecule has 1 aromatic rings. The molecule has 3 amide bonds. The predicted octanol–water partition coefficient (Wildman–Crippen LogP) is 1.01. The molecule has 0 saturated heterocycles. The van der Waals surface area contributed by atoms with Gasteiger partial charge in [-0.15, -0.1) is 0 Å². The van der Waals surface area contributed by atoms with Gasteiger partial charge >= 0.3 is 6.03 Å². The first-order chi connectivity index (χ1) is 7.34. The summed E-state index contributed by atoms with van der Waals surface area (Å²) >= 11 is 0. The van der Waals surface area contributed by atoms with Gasteiger partial charge in [-0.2, -0.15) is 5.01 Å². The SMILES string of the molecule is Cc1cc(C)c(C(=O)N(N)C(N)=O)c(C)c1. The van der Waals surface area contributed by atoms with E-state index in [1.54, 1.807) is 13.8 Å². The Hall–Kier alpha value is -1.88. The van der Waals surface area contributed by atoms with Crippen LogP contribution in [0.4, 0.5) is 4.79 Å². The molecule has 0 spiro atoms. The number of hydrazine groups is 1. The van der Waals surface area contributed by atoms with Crippen LogP contribution >= 0.6 is 0 Å². The second-order valence-corrected chi connectivity index (χ2v) is 3.79. The summed E-state index contributed by atoms with van der Waals surface area (Å²) in [5.74, 6) is 4.70. The zero-order valence-corrected chi connectivity index (χ0v) is 9.57. The van der Waals surface area contributed by atoms with Gasteiger partial charge in [-0.05, 0) is 31.9 Å². The molecule has 0 fully saturated rings. The normalized spacial score (nSPS) is 10.0. The van der Waals surface area contributed by atoms with E-state index in [1.807, 2.05) is 19.1 Å². The maximum absolute atomic E-state index is 11.8. The third-order valence-electron chi connectivity index (χ3n) is 2.35. The zero-order valence-electron chi connectivity index (χ0n) is 9.57. The van der Waals surface area contributed by atoms with Crippen LogP contribution in [0.25, 0.3) is 0 Å². The van der Waals surface area contributed by atoms with Crippen molar-refractivity contribution in [3.05, 3.63) is 34.4 Å². The van der Waals surface area contributed by atoms with E-state index in [0.29, 0.717) is 10.6 Å². The number of carbonyl (C=O) groups excluding carboxylic acids is 2. The second kappa shape index (κ2) is 4.32. The van der Waals surface area contributed by atoms with Gasteiger partial charge in [-0.3, -0.25) is 4.79 Å². The second-order valence-electron chi connectivity index (χ2n) is 3.79. The van der Waals surface area contributed by atoms with Gasteiger partial charge in [-0.25, -0.2) is 10.6 Å². The number of primary amides is 1. The van der Waals surface area contributed by atoms with Gasteiger partial charge in [-0.1, -0.05) is 17.7 Å². The third-order valence-corrected chi connectivity index (χ3v) is 2.35. The maximum Gasteiger partial charge on any atom is 0.336 e. The van der Waals surface area contributed by atoms with Gasteiger partial charge in [0.1, 0.15) is 0 Å². The van der Waals surface area contributed by atoms with Crippen molar-refractivity contribution in [2.24, 2.45) is 11.6 Å². The highest BCUT2D eigenvalue weighted by Crippen LogP contribution is 2.17. The van der Waals surface area contributed by atoms with E-state index in [4.69, 9.17) is 11.6 Å². The molecule has 0 aliphatic heterocycles. The lowest BCUT2D eigenvalue weighted by Gasteiger charge is -2.15. The number of hydrogen-bond acceptors (Lipinski definition) is 3. The Morgan fingerprint density at radius 1 is 1.12 bits per heavy atom. The lowest BCUT2D eigenvalue weighted by molar-refractivity contribution is 0.0807. The van der Waals surface area contributed by atoms with E-state index >= 15 is 0 Å². The van der Waals surface area contributed by atoms with Crippen molar-refractivity contribution in [3.63, 3.8) is 0 Å². The van der Waals surface area contributed by atoms with Crippen LogP contribution in [0, 0.1) is 20.8 Å². The summed E-state index contributed by atoms with van der Waals surface area (Å²) in [6, 6.07) is 2.74. The molecule has 4 N–H and O–H groups in total. The van der Waals surface area contributed by atoms with Crippen molar-refractivity contribution in [1.29, 1.82) is 0 Å². The van der Waals surface area contributed by atoms with Gasteiger partial charge < -0.3 is 5.73 Å². The topological polar surface area (TPSA) is 89.4 Å². The fourth-order valence-electron chi connectivity index (χ4n) is 1.74. The van der Waals surface area contributed by atoms with Crippen molar-refractivity contribution in [3.8, 4) is 0 Å². The molecule has 0 aliphatic rings. The van der Waals surface area contributed by atoms with Crippen LogP contribution in [-0.4, -0.2) is 16.9 Å². The molecule has 0 atom stereocenters. The Bertz CT molecular complexity index is 432. The molecular weight excluding hydrogens is 206 g/mol. The highest BCUT2D eigenvalue weighted by molar-refractivity contribution is 6.05. The fraction of sp³-hybridized carbons (Fsp3) is 0.273. The Balaban J connectivity index is 3.24. The van der Waals surface area contributed by atoms with Gasteiger partial charge in [0, 0.05) is 5.56 Å². The smallest absolute Gasteiger partial charge is 0.336 e. The van der Waals surface area contributed by atoms with Crippen molar-refractivity contribution in [2.45, 2.75) is 20.8 Å². The molecule has 0 saturated carbocycles. The van der Waals surface area contributed by atoms with E-state index in [1.165, 1.54) is 0 Å². The van der Waals surface area contributed by atoms with Crippen molar-refractivity contribution in [2.75, 3.05) is 0 Å².